The zero-order valence-corrected chi connectivity index (χ0v) is 4.18. The first-order chi connectivity index (χ1) is 3.47. The first-order valence-electron chi connectivity index (χ1n) is 2.85. The normalized spacial score (nSPS) is 48.0. The van der Waals surface area contributed by atoms with Crippen molar-refractivity contribution in [1.29, 1.82) is 0 Å². The molecule has 0 radical (unpaired) electrons. The molecule has 0 aromatic heterocycles. The van der Waals surface area contributed by atoms with Crippen molar-refractivity contribution in [2.75, 3.05) is 6.54 Å². The quantitative estimate of drug-likeness (QED) is 0.471. The molecule has 0 bridgehead atoms. The fourth-order valence-corrected chi connectivity index (χ4v) is 1.19. The van der Waals surface area contributed by atoms with E-state index in [0.717, 1.165) is 12.5 Å². The van der Waals surface area contributed by atoms with Crippen LogP contribution in [0.25, 0.3) is 0 Å². The van der Waals surface area contributed by atoms with Crippen LogP contribution in [0.2, 0.25) is 0 Å². The number of hydrogen-bond acceptors (Lipinski definition) is 2. The van der Waals surface area contributed by atoms with Gasteiger partial charge in [-0.1, -0.05) is 0 Å². The summed E-state index contributed by atoms with van der Waals surface area (Å²) in [6.45, 7) is 1.09. The lowest BCUT2D eigenvalue weighted by atomic mass is 9.83. The predicted molar refractivity (Wildman–Crippen MR) is 25.6 cm³/mol. The highest BCUT2D eigenvalue weighted by atomic mass is 16.7. The Kier molecular flexibility index (Phi) is 0.664. The number of hydroxylamine groups is 1. The van der Waals surface area contributed by atoms with Crippen molar-refractivity contribution in [2.45, 2.75) is 18.9 Å². The molecule has 2 unspecified atom stereocenters. The average molecular weight is 99.1 g/mol. The molecule has 1 aliphatic carbocycles. The Morgan fingerprint density at radius 1 is 1.43 bits per heavy atom. The molecule has 7 heavy (non-hydrogen) atoms. The summed E-state index contributed by atoms with van der Waals surface area (Å²) in [6, 6.07) is 0. The Balaban J connectivity index is 2.03. The van der Waals surface area contributed by atoms with Gasteiger partial charge in [-0.25, -0.2) is 5.48 Å². The largest absolute Gasteiger partial charge is 0.298 e. The van der Waals surface area contributed by atoms with Crippen LogP contribution in [0.1, 0.15) is 12.8 Å². The first-order valence-corrected chi connectivity index (χ1v) is 2.85. The molecule has 2 atom stereocenters. The molecule has 0 spiro atoms. The Morgan fingerprint density at radius 3 is 2.71 bits per heavy atom. The SMILES string of the molecule is C1CC2ONCC12. The number of nitrogens with one attached hydrogen (secondary N) is 1. The maximum atomic E-state index is 5.10. The lowest BCUT2D eigenvalue weighted by molar-refractivity contribution is -0.0146. The van der Waals surface area contributed by atoms with E-state index >= 15 is 0 Å². The maximum absolute atomic E-state index is 5.10. The van der Waals surface area contributed by atoms with Crippen LogP contribution in [0.5, 0.6) is 0 Å². The lowest BCUT2D eigenvalue weighted by Crippen LogP contribution is -2.28. The standard InChI is InChI=1S/C5H9NO/c1-2-5-4(1)3-6-7-5/h4-6H,1-3H2. The van der Waals surface area contributed by atoms with Crippen LogP contribution in [-0.4, -0.2) is 12.6 Å². The summed E-state index contributed by atoms with van der Waals surface area (Å²) in [5.74, 6) is 0.861. The van der Waals surface area contributed by atoms with E-state index < -0.39 is 0 Å². The van der Waals surface area contributed by atoms with Crippen molar-refractivity contribution in [3.63, 3.8) is 0 Å². The fourth-order valence-electron chi connectivity index (χ4n) is 1.19. The highest BCUT2D eigenvalue weighted by molar-refractivity contribution is 4.85. The molecule has 0 aromatic carbocycles. The minimum Gasteiger partial charge on any atom is -0.298 e. The zero-order chi connectivity index (χ0) is 4.69. The molecule has 1 heterocycles. The Bertz CT molecular complexity index is 74.1. The minimum atomic E-state index is 0.583. The predicted octanol–water partition coefficient (Wildman–Crippen LogP) is 0.300. The molecule has 2 aliphatic rings. The van der Waals surface area contributed by atoms with Crippen LogP contribution in [0.3, 0.4) is 0 Å². The second-order valence-electron chi connectivity index (χ2n) is 2.34. The third-order valence-electron chi connectivity index (χ3n) is 1.93. The molecule has 1 N–H and O–H groups in total. The number of fused-ring (bicyclic) bond motifs is 1. The van der Waals surface area contributed by atoms with Crippen molar-refractivity contribution in [3.8, 4) is 0 Å². The van der Waals surface area contributed by atoms with Crippen LogP contribution in [0, 0.1) is 5.92 Å². The lowest BCUT2D eigenvalue weighted by Gasteiger charge is -2.25. The molecule has 40 valence electrons. The van der Waals surface area contributed by atoms with Gasteiger partial charge in [-0.05, 0) is 12.8 Å². The van der Waals surface area contributed by atoms with Gasteiger partial charge in [-0.15, -0.1) is 0 Å². The second-order valence-corrected chi connectivity index (χ2v) is 2.34. The smallest absolute Gasteiger partial charge is 0.0831 e. The van der Waals surface area contributed by atoms with Crippen LogP contribution in [0.15, 0.2) is 0 Å². The van der Waals surface area contributed by atoms with Gasteiger partial charge in [-0.3, -0.25) is 4.84 Å². The summed E-state index contributed by atoms with van der Waals surface area (Å²) in [6.07, 6.45) is 3.23. The van der Waals surface area contributed by atoms with Gasteiger partial charge >= 0.3 is 0 Å². The summed E-state index contributed by atoms with van der Waals surface area (Å²) in [7, 11) is 0. The molecular formula is C5H9NO. The topological polar surface area (TPSA) is 21.3 Å². The summed E-state index contributed by atoms with van der Waals surface area (Å²) in [4.78, 5) is 5.10. The van der Waals surface area contributed by atoms with E-state index in [0.29, 0.717) is 6.10 Å². The minimum absolute atomic E-state index is 0.583. The molecule has 1 saturated carbocycles. The Labute approximate surface area is 42.8 Å². The van der Waals surface area contributed by atoms with Gasteiger partial charge in [0.25, 0.3) is 0 Å². The molecule has 1 saturated heterocycles. The Hall–Kier alpha value is -0.0800. The van der Waals surface area contributed by atoms with Crippen LogP contribution in [-0.2, 0) is 4.84 Å². The van der Waals surface area contributed by atoms with Gasteiger partial charge in [0.15, 0.2) is 0 Å². The van der Waals surface area contributed by atoms with Crippen LogP contribution < -0.4 is 5.48 Å². The molecular weight excluding hydrogens is 90.1 g/mol. The zero-order valence-electron chi connectivity index (χ0n) is 4.18. The average Bonchev–Trinajstić information content (AvgIpc) is 1.85. The molecule has 2 heteroatoms. The van der Waals surface area contributed by atoms with Gasteiger partial charge in [0.2, 0.25) is 0 Å². The molecule has 1 aliphatic heterocycles. The maximum Gasteiger partial charge on any atom is 0.0831 e. The molecule has 0 aromatic rings. The summed E-state index contributed by atoms with van der Waals surface area (Å²) in [5, 5.41) is 0. The number of hydrogen-bond donors (Lipinski definition) is 1. The van der Waals surface area contributed by atoms with Crippen molar-refractivity contribution in [3.05, 3.63) is 0 Å². The molecule has 2 fully saturated rings. The van der Waals surface area contributed by atoms with E-state index in [1.54, 1.807) is 0 Å². The van der Waals surface area contributed by atoms with Crippen LogP contribution in [0.4, 0.5) is 0 Å². The summed E-state index contributed by atoms with van der Waals surface area (Å²) in [5.41, 5.74) is 2.88. The van der Waals surface area contributed by atoms with Crippen LogP contribution >= 0.6 is 0 Å². The molecule has 0 amide bonds. The molecule has 2 rings (SSSR count). The Morgan fingerprint density at radius 2 is 2.43 bits per heavy atom. The van der Waals surface area contributed by atoms with E-state index in [4.69, 9.17) is 4.84 Å². The van der Waals surface area contributed by atoms with E-state index in [1.165, 1.54) is 12.8 Å². The first kappa shape index (κ1) is 3.87. The van der Waals surface area contributed by atoms with Crippen molar-refractivity contribution < 1.29 is 4.84 Å². The van der Waals surface area contributed by atoms with Gasteiger partial charge in [0.05, 0.1) is 6.10 Å². The third-order valence-corrected chi connectivity index (χ3v) is 1.93. The van der Waals surface area contributed by atoms with E-state index in [1.807, 2.05) is 0 Å². The molecule has 2 nitrogen and oxygen atoms in total. The highest BCUT2D eigenvalue weighted by Crippen LogP contribution is 2.32. The van der Waals surface area contributed by atoms with Crippen molar-refractivity contribution in [2.24, 2.45) is 5.92 Å². The van der Waals surface area contributed by atoms with E-state index in [-0.39, 0.29) is 0 Å². The monoisotopic (exact) mass is 99.1 g/mol. The third kappa shape index (κ3) is 0.409. The van der Waals surface area contributed by atoms with Gasteiger partial charge < -0.3 is 0 Å². The fraction of sp³-hybridized carbons (Fsp3) is 1.00. The van der Waals surface area contributed by atoms with Crippen molar-refractivity contribution in [1.82, 2.24) is 5.48 Å². The van der Waals surface area contributed by atoms with Gasteiger partial charge in [0, 0.05) is 12.5 Å². The van der Waals surface area contributed by atoms with E-state index in [9.17, 15) is 0 Å². The summed E-state index contributed by atoms with van der Waals surface area (Å²) >= 11 is 0. The van der Waals surface area contributed by atoms with Crippen molar-refractivity contribution >= 4 is 0 Å². The second kappa shape index (κ2) is 1.20. The summed E-state index contributed by atoms with van der Waals surface area (Å²) < 4.78 is 0. The van der Waals surface area contributed by atoms with E-state index in [2.05, 4.69) is 5.48 Å². The van der Waals surface area contributed by atoms with Gasteiger partial charge in [-0.2, -0.15) is 0 Å². The number of rotatable bonds is 0. The van der Waals surface area contributed by atoms with Gasteiger partial charge in [0.1, 0.15) is 0 Å². The highest BCUT2D eigenvalue weighted by Gasteiger charge is 2.36.